The van der Waals surface area contributed by atoms with Gasteiger partial charge >= 0.3 is 6.03 Å². The summed E-state index contributed by atoms with van der Waals surface area (Å²) in [6, 6.07) is 5.75. The highest BCUT2D eigenvalue weighted by Gasteiger charge is 2.54. The second kappa shape index (κ2) is 5.54. The molecule has 7 heteroatoms. The van der Waals surface area contributed by atoms with Gasteiger partial charge in [-0.3, -0.25) is 14.9 Å². The molecule has 3 aliphatic rings. The molecule has 25 heavy (non-hydrogen) atoms. The van der Waals surface area contributed by atoms with E-state index in [2.05, 4.69) is 10.6 Å². The van der Waals surface area contributed by atoms with Crippen LogP contribution in [0, 0.1) is 5.82 Å². The van der Waals surface area contributed by atoms with Crippen LogP contribution >= 0.6 is 0 Å². The molecule has 3 fully saturated rings. The molecule has 0 bridgehead atoms. The predicted octanol–water partition coefficient (Wildman–Crippen LogP) is 1.45. The van der Waals surface area contributed by atoms with Crippen molar-refractivity contribution >= 4 is 17.8 Å². The lowest BCUT2D eigenvalue weighted by atomic mass is 9.77. The maximum Gasteiger partial charge on any atom is 0.322 e. The zero-order valence-corrected chi connectivity index (χ0v) is 13.8. The molecule has 1 spiro atoms. The van der Waals surface area contributed by atoms with Gasteiger partial charge in [0.2, 0.25) is 5.91 Å². The van der Waals surface area contributed by atoms with Gasteiger partial charge in [-0.25, -0.2) is 9.18 Å². The van der Waals surface area contributed by atoms with E-state index in [9.17, 15) is 18.8 Å². The van der Waals surface area contributed by atoms with Crippen molar-refractivity contribution in [1.29, 1.82) is 0 Å². The van der Waals surface area contributed by atoms with Gasteiger partial charge in [0.15, 0.2) is 0 Å². The first-order valence-corrected chi connectivity index (χ1v) is 8.64. The first kappa shape index (κ1) is 16.1. The SMILES string of the molecule is O=C1NC(=O)C2(CCN(C(=O)C3(c4cccc(F)c4)CCCC3)C2)N1. The molecule has 6 nitrogen and oxygen atoms in total. The molecule has 4 amide bonds. The number of amides is 4. The van der Waals surface area contributed by atoms with Gasteiger partial charge < -0.3 is 10.2 Å². The van der Waals surface area contributed by atoms with E-state index in [4.69, 9.17) is 0 Å². The molecule has 1 saturated carbocycles. The highest BCUT2D eigenvalue weighted by Crippen LogP contribution is 2.44. The Morgan fingerprint density at radius 3 is 2.56 bits per heavy atom. The fraction of sp³-hybridized carbons (Fsp3) is 0.500. The van der Waals surface area contributed by atoms with Crippen LogP contribution in [0.4, 0.5) is 9.18 Å². The molecule has 4 rings (SSSR count). The molecular weight excluding hydrogens is 325 g/mol. The fourth-order valence-corrected chi connectivity index (χ4v) is 4.49. The Bertz CT molecular complexity index is 760. The molecule has 1 unspecified atom stereocenters. The Labute approximate surface area is 144 Å². The van der Waals surface area contributed by atoms with Gasteiger partial charge in [0.1, 0.15) is 11.4 Å². The molecule has 2 aliphatic heterocycles. The molecule has 2 saturated heterocycles. The van der Waals surface area contributed by atoms with E-state index in [1.807, 2.05) is 6.07 Å². The topological polar surface area (TPSA) is 78.5 Å². The molecule has 0 aromatic heterocycles. The number of imide groups is 1. The number of halogens is 1. The molecule has 1 aromatic carbocycles. The Kier molecular flexibility index (Phi) is 3.56. The third-order valence-electron chi connectivity index (χ3n) is 5.81. The predicted molar refractivity (Wildman–Crippen MR) is 87.1 cm³/mol. The zero-order valence-electron chi connectivity index (χ0n) is 13.8. The lowest BCUT2D eigenvalue weighted by Crippen LogP contribution is -2.52. The molecule has 1 aliphatic carbocycles. The van der Waals surface area contributed by atoms with Crippen molar-refractivity contribution in [3.63, 3.8) is 0 Å². The van der Waals surface area contributed by atoms with E-state index in [0.717, 1.165) is 12.8 Å². The summed E-state index contributed by atoms with van der Waals surface area (Å²) >= 11 is 0. The average Bonchev–Trinajstić information content (AvgIpc) is 3.28. The Morgan fingerprint density at radius 2 is 1.92 bits per heavy atom. The normalized spacial score (nSPS) is 27.6. The molecule has 1 aromatic rings. The number of carbonyl (C=O) groups is 3. The van der Waals surface area contributed by atoms with E-state index >= 15 is 0 Å². The molecule has 2 heterocycles. The van der Waals surface area contributed by atoms with Gasteiger partial charge in [-0.05, 0) is 37.0 Å². The van der Waals surface area contributed by atoms with E-state index in [0.29, 0.717) is 31.4 Å². The summed E-state index contributed by atoms with van der Waals surface area (Å²) in [5, 5.41) is 4.91. The second-order valence-corrected chi connectivity index (χ2v) is 7.27. The summed E-state index contributed by atoms with van der Waals surface area (Å²) < 4.78 is 13.7. The third kappa shape index (κ3) is 2.41. The smallest absolute Gasteiger partial charge is 0.322 e. The van der Waals surface area contributed by atoms with Crippen molar-refractivity contribution in [1.82, 2.24) is 15.5 Å². The minimum absolute atomic E-state index is 0.0681. The lowest BCUT2D eigenvalue weighted by molar-refractivity contribution is -0.136. The van der Waals surface area contributed by atoms with Gasteiger partial charge in [-0.2, -0.15) is 0 Å². The number of hydrogen-bond acceptors (Lipinski definition) is 3. The van der Waals surface area contributed by atoms with Gasteiger partial charge in [0, 0.05) is 6.54 Å². The Morgan fingerprint density at radius 1 is 1.16 bits per heavy atom. The van der Waals surface area contributed by atoms with Crippen LogP contribution in [0.5, 0.6) is 0 Å². The monoisotopic (exact) mass is 345 g/mol. The van der Waals surface area contributed by atoms with Crippen molar-refractivity contribution in [2.45, 2.75) is 43.1 Å². The van der Waals surface area contributed by atoms with E-state index in [1.165, 1.54) is 12.1 Å². The van der Waals surface area contributed by atoms with E-state index < -0.39 is 17.0 Å². The largest absolute Gasteiger partial charge is 0.339 e. The number of urea groups is 1. The number of rotatable bonds is 2. The zero-order chi connectivity index (χ0) is 17.7. The number of nitrogens with zero attached hydrogens (tertiary/aromatic N) is 1. The van der Waals surface area contributed by atoms with Gasteiger partial charge in [0.25, 0.3) is 5.91 Å². The summed E-state index contributed by atoms with van der Waals surface area (Å²) in [4.78, 5) is 38.6. The number of benzene rings is 1. The van der Waals surface area contributed by atoms with Crippen molar-refractivity contribution < 1.29 is 18.8 Å². The van der Waals surface area contributed by atoms with Gasteiger partial charge in [-0.15, -0.1) is 0 Å². The van der Waals surface area contributed by atoms with Crippen molar-refractivity contribution in [3.05, 3.63) is 35.6 Å². The van der Waals surface area contributed by atoms with Crippen LogP contribution in [0.3, 0.4) is 0 Å². The summed E-state index contributed by atoms with van der Waals surface area (Å²) in [6.07, 6.45) is 3.58. The Hall–Kier alpha value is -2.44. The van der Waals surface area contributed by atoms with Crippen LogP contribution in [0.1, 0.15) is 37.7 Å². The van der Waals surface area contributed by atoms with E-state index in [-0.39, 0.29) is 24.2 Å². The summed E-state index contributed by atoms with van der Waals surface area (Å²) in [6.45, 7) is 0.573. The number of carbonyl (C=O) groups excluding carboxylic acids is 3. The van der Waals surface area contributed by atoms with Gasteiger partial charge in [-0.1, -0.05) is 25.0 Å². The van der Waals surface area contributed by atoms with Crippen molar-refractivity contribution in [3.8, 4) is 0 Å². The van der Waals surface area contributed by atoms with Gasteiger partial charge in [0.05, 0.1) is 12.0 Å². The fourth-order valence-electron chi connectivity index (χ4n) is 4.49. The van der Waals surface area contributed by atoms with Crippen LogP contribution in [-0.4, -0.2) is 41.4 Å². The first-order chi connectivity index (χ1) is 12.0. The average molecular weight is 345 g/mol. The van der Waals surface area contributed by atoms with Crippen LogP contribution in [0.2, 0.25) is 0 Å². The maximum atomic E-state index is 13.7. The number of likely N-dealkylation sites (tertiary alicyclic amines) is 1. The minimum Gasteiger partial charge on any atom is -0.339 e. The molecule has 1 atom stereocenters. The molecule has 0 radical (unpaired) electrons. The standard InChI is InChI=1S/C18H20FN3O3/c19-13-5-3-4-12(10-13)17(6-1-2-7-17)15(24)22-9-8-18(11-22)14(23)20-16(25)21-18/h3-5,10H,1-2,6-9,11H2,(H2,20,21,23,25). The second-order valence-electron chi connectivity index (χ2n) is 7.27. The number of hydrogen-bond donors (Lipinski definition) is 2. The summed E-state index contributed by atoms with van der Waals surface area (Å²) in [7, 11) is 0. The molecule has 2 N–H and O–H groups in total. The molecular formula is C18H20FN3O3. The quantitative estimate of drug-likeness (QED) is 0.797. The molecule has 132 valence electrons. The van der Waals surface area contributed by atoms with Crippen LogP contribution in [0.25, 0.3) is 0 Å². The van der Waals surface area contributed by atoms with Crippen molar-refractivity contribution in [2.75, 3.05) is 13.1 Å². The van der Waals surface area contributed by atoms with Crippen LogP contribution in [0.15, 0.2) is 24.3 Å². The lowest BCUT2D eigenvalue weighted by Gasteiger charge is -2.33. The highest BCUT2D eigenvalue weighted by atomic mass is 19.1. The van der Waals surface area contributed by atoms with Crippen LogP contribution in [-0.2, 0) is 15.0 Å². The third-order valence-corrected chi connectivity index (χ3v) is 5.81. The maximum absolute atomic E-state index is 13.7. The van der Waals surface area contributed by atoms with E-state index in [1.54, 1.807) is 11.0 Å². The summed E-state index contributed by atoms with van der Waals surface area (Å²) in [5.74, 6) is -0.794. The minimum atomic E-state index is -1.02. The van der Waals surface area contributed by atoms with Crippen molar-refractivity contribution in [2.24, 2.45) is 0 Å². The number of nitrogens with one attached hydrogen (secondary N) is 2. The Balaban J connectivity index is 1.63. The van der Waals surface area contributed by atoms with Crippen LogP contribution < -0.4 is 10.6 Å². The highest BCUT2D eigenvalue weighted by molar-refractivity contribution is 6.08. The summed E-state index contributed by atoms with van der Waals surface area (Å²) in [5.41, 5.74) is -1.04. The first-order valence-electron chi connectivity index (χ1n) is 8.64.